The number of hydrogen-bond acceptors (Lipinski definition) is 6. The van der Waals surface area contributed by atoms with Crippen molar-refractivity contribution in [1.29, 1.82) is 0 Å². The Morgan fingerprint density at radius 2 is 2.06 bits per heavy atom. The van der Waals surface area contributed by atoms with E-state index in [1.165, 1.54) is 6.07 Å². The van der Waals surface area contributed by atoms with Crippen LogP contribution < -0.4 is 10.2 Å². The summed E-state index contributed by atoms with van der Waals surface area (Å²) in [4.78, 5) is 22.1. The largest absolute Gasteiger partial charge is 0.393 e. The third-order valence-electron chi connectivity index (χ3n) is 6.44. The molecule has 5 rings (SSSR count). The number of halogens is 2. The highest BCUT2D eigenvalue weighted by atomic mass is 35.5. The number of rotatable bonds is 7. The summed E-state index contributed by atoms with van der Waals surface area (Å²) in [5.41, 5.74) is 3.77. The summed E-state index contributed by atoms with van der Waals surface area (Å²) in [7, 11) is 0. The molecular formula is C25H24ClFN4O2. The van der Waals surface area contributed by atoms with E-state index in [0.29, 0.717) is 54.6 Å². The Kier molecular flexibility index (Phi) is 6.00. The van der Waals surface area contributed by atoms with Crippen molar-refractivity contribution in [3.8, 4) is 11.1 Å². The van der Waals surface area contributed by atoms with Crippen LogP contribution in [-0.4, -0.2) is 46.6 Å². The van der Waals surface area contributed by atoms with Crippen LogP contribution in [0.25, 0.3) is 11.1 Å². The highest BCUT2D eigenvalue weighted by molar-refractivity contribution is 6.30. The van der Waals surface area contributed by atoms with Crippen LogP contribution in [0.3, 0.4) is 0 Å². The van der Waals surface area contributed by atoms with E-state index in [0.717, 1.165) is 23.0 Å². The van der Waals surface area contributed by atoms with Crippen molar-refractivity contribution in [3.05, 3.63) is 70.9 Å². The molecule has 2 aliphatic rings. The first-order valence-electron chi connectivity index (χ1n) is 11.1. The molecule has 2 N–H and O–H groups in total. The van der Waals surface area contributed by atoms with Gasteiger partial charge in [0.2, 0.25) is 0 Å². The second-order valence-corrected chi connectivity index (χ2v) is 9.04. The van der Waals surface area contributed by atoms with E-state index in [2.05, 4.69) is 15.3 Å². The van der Waals surface area contributed by atoms with Crippen LogP contribution in [0, 0.1) is 5.82 Å². The van der Waals surface area contributed by atoms with Gasteiger partial charge in [0.05, 0.1) is 17.7 Å². The lowest BCUT2D eigenvalue weighted by molar-refractivity contribution is -0.108. The molecule has 1 unspecified atom stereocenters. The van der Waals surface area contributed by atoms with Gasteiger partial charge in [-0.15, -0.1) is 0 Å². The third-order valence-corrected chi connectivity index (χ3v) is 6.75. The van der Waals surface area contributed by atoms with Crippen molar-refractivity contribution in [3.63, 3.8) is 0 Å². The molecule has 1 saturated carbocycles. The van der Waals surface area contributed by atoms with E-state index < -0.39 is 5.92 Å². The Hall–Kier alpha value is -3.03. The van der Waals surface area contributed by atoms with Gasteiger partial charge < -0.3 is 20.1 Å². The molecule has 0 saturated heterocycles. The van der Waals surface area contributed by atoms with Crippen molar-refractivity contribution < 1.29 is 14.3 Å². The molecule has 1 aromatic carbocycles. The average Bonchev–Trinajstić information content (AvgIpc) is 3.20. The zero-order chi connectivity index (χ0) is 22.9. The number of benzene rings is 1. The van der Waals surface area contributed by atoms with E-state index in [9.17, 15) is 9.90 Å². The molecule has 33 heavy (non-hydrogen) atoms. The van der Waals surface area contributed by atoms with Crippen LogP contribution in [-0.2, 0) is 11.2 Å². The Labute approximate surface area is 196 Å². The van der Waals surface area contributed by atoms with Crippen molar-refractivity contribution in [2.24, 2.45) is 0 Å². The molecule has 2 aromatic heterocycles. The topological polar surface area (TPSA) is 78.4 Å². The molecule has 1 aliphatic heterocycles. The highest BCUT2D eigenvalue weighted by Crippen LogP contribution is 2.37. The summed E-state index contributed by atoms with van der Waals surface area (Å²) in [6.45, 7) is 0.972. The number of aliphatic hydroxyl groups excluding tert-OH is 1. The fraction of sp³-hybridized carbons (Fsp3) is 0.320. The molecule has 0 spiro atoms. The average molecular weight is 467 g/mol. The number of aromatic nitrogens is 2. The van der Waals surface area contributed by atoms with E-state index in [1.54, 1.807) is 24.5 Å². The highest BCUT2D eigenvalue weighted by Gasteiger charge is 2.29. The number of fused-ring (bicyclic) bond motifs is 1. The maximum absolute atomic E-state index is 15.3. The van der Waals surface area contributed by atoms with Gasteiger partial charge in [0.25, 0.3) is 0 Å². The minimum Gasteiger partial charge on any atom is -0.393 e. The molecule has 8 heteroatoms. The van der Waals surface area contributed by atoms with Gasteiger partial charge in [-0.1, -0.05) is 17.7 Å². The summed E-state index contributed by atoms with van der Waals surface area (Å²) < 4.78 is 15.3. The number of hydrogen-bond donors (Lipinski definition) is 2. The maximum Gasteiger partial charge on any atom is 0.147 e. The molecule has 0 radical (unpaired) electrons. The third kappa shape index (κ3) is 4.43. The zero-order valence-corrected chi connectivity index (χ0v) is 18.7. The standard InChI is InChI=1S/C25H24ClFN4O2/c26-25-21(2-1-5-29-25)18(14-32)13-31-7-4-16-8-17(9-22(27)24(16)31)15-3-6-28-23(10-15)30-19-11-20(33)12-19/h1-3,5-6,8-10,14,18-20,33H,4,7,11-13H2,(H,28,30)/t18?,19-,20-. The normalized spacial score (nSPS) is 20.2. The number of aldehydes is 1. The van der Waals surface area contributed by atoms with Gasteiger partial charge >= 0.3 is 0 Å². The van der Waals surface area contributed by atoms with Gasteiger partial charge in [-0.25, -0.2) is 14.4 Å². The number of carbonyl (C=O) groups excluding carboxylic acids is 1. The van der Waals surface area contributed by atoms with Crippen molar-refractivity contribution >= 4 is 29.4 Å². The predicted molar refractivity (Wildman–Crippen MR) is 126 cm³/mol. The first kappa shape index (κ1) is 21.8. The number of nitrogens with zero attached hydrogens (tertiary/aromatic N) is 3. The summed E-state index contributed by atoms with van der Waals surface area (Å²) in [6, 6.07) is 11.1. The lowest BCUT2D eigenvalue weighted by atomic mass is 9.89. The van der Waals surface area contributed by atoms with Crippen molar-refractivity contribution in [2.45, 2.75) is 37.3 Å². The summed E-state index contributed by atoms with van der Waals surface area (Å²) in [5, 5.41) is 13.1. The second-order valence-electron chi connectivity index (χ2n) is 8.68. The lowest BCUT2D eigenvalue weighted by Gasteiger charge is -2.32. The van der Waals surface area contributed by atoms with Crippen LogP contribution in [0.2, 0.25) is 5.15 Å². The Morgan fingerprint density at radius 1 is 1.21 bits per heavy atom. The number of carbonyl (C=O) groups is 1. The molecule has 1 aliphatic carbocycles. The van der Waals surface area contributed by atoms with Crippen LogP contribution in [0.15, 0.2) is 48.8 Å². The van der Waals surface area contributed by atoms with Gasteiger partial charge in [0, 0.05) is 37.1 Å². The predicted octanol–water partition coefficient (Wildman–Crippen LogP) is 4.22. The fourth-order valence-corrected chi connectivity index (χ4v) is 4.91. The number of anilines is 2. The van der Waals surface area contributed by atoms with E-state index in [-0.39, 0.29) is 18.0 Å². The molecule has 0 amide bonds. The Morgan fingerprint density at radius 3 is 2.82 bits per heavy atom. The summed E-state index contributed by atoms with van der Waals surface area (Å²) in [6.07, 6.45) is 6.00. The van der Waals surface area contributed by atoms with Gasteiger partial charge in [-0.05, 0) is 66.3 Å². The Bertz CT molecular complexity index is 1180. The van der Waals surface area contributed by atoms with E-state index in [4.69, 9.17) is 11.6 Å². The monoisotopic (exact) mass is 466 g/mol. The second kappa shape index (κ2) is 9.08. The quantitative estimate of drug-likeness (QED) is 0.401. The zero-order valence-electron chi connectivity index (χ0n) is 17.9. The SMILES string of the molecule is O=CC(CN1CCc2cc(-c3ccnc(N[C@H]4C[C@H](O)C4)c3)cc(F)c21)c1cccnc1Cl. The molecule has 6 nitrogen and oxygen atoms in total. The van der Waals surface area contributed by atoms with Crippen molar-refractivity contribution in [1.82, 2.24) is 9.97 Å². The molecule has 1 fully saturated rings. The van der Waals surface area contributed by atoms with Crippen LogP contribution >= 0.6 is 11.6 Å². The number of pyridine rings is 2. The van der Waals surface area contributed by atoms with Crippen LogP contribution in [0.1, 0.15) is 29.9 Å². The van der Waals surface area contributed by atoms with E-state index in [1.807, 2.05) is 23.1 Å². The molecule has 170 valence electrons. The molecule has 3 aromatic rings. The minimum absolute atomic E-state index is 0.215. The first-order valence-corrected chi connectivity index (χ1v) is 11.4. The molecule has 0 bridgehead atoms. The summed E-state index contributed by atoms with van der Waals surface area (Å²) in [5.74, 6) is -0.0837. The molecule has 3 heterocycles. The number of nitrogens with one attached hydrogen (secondary N) is 1. The Balaban J connectivity index is 1.37. The number of aliphatic hydroxyl groups is 1. The maximum atomic E-state index is 15.3. The fourth-order valence-electron chi connectivity index (χ4n) is 4.65. The van der Waals surface area contributed by atoms with Crippen molar-refractivity contribution in [2.75, 3.05) is 23.3 Å². The van der Waals surface area contributed by atoms with Gasteiger partial charge in [-0.2, -0.15) is 0 Å². The van der Waals surface area contributed by atoms with Gasteiger partial charge in [0.1, 0.15) is 23.1 Å². The van der Waals surface area contributed by atoms with E-state index >= 15 is 4.39 Å². The van der Waals surface area contributed by atoms with Gasteiger partial charge in [-0.3, -0.25) is 0 Å². The van der Waals surface area contributed by atoms with Crippen LogP contribution in [0.5, 0.6) is 0 Å². The smallest absolute Gasteiger partial charge is 0.147 e. The van der Waals surface area contributed by atoms with Gasteiger partial charge in [0.15, 0.2) is 0 Å². The molecule has 1 atom stereocenters. The lowest BCUT2D eigenvalue weighted by Crippen LogP contribution is -2.39. The van der Waals surface area contributed by atoms with Crippen LogP contribution in [0.4, 0.5) is 15.9 Å². The summed E-state index contributed by atoms with van der Waals surface area (Å²) >= 11 is 6.18. The first-order chi connectivity index (χ1) is 16.0. The minimum atomic E-state index is -0.491. The molecular weight excluding hydrogens is 443 g/mol.